The van der Waals surface area contributed by atoms with Gasteiger partial charge in [-0.05, 0) is 45.4 Å². The monoisotopic (exact) mass is 377 g/mol. The van der Waals surface area contributed by atoms with Crippen LogP contribution < -0.4 is 0 Å². The Morgan fingerprint density at radius 1 is 1.22 bits per heavy atom. The van der Waals surface area contributed by atoms with Crippen LogP contribution in [0.4, 0.5) is 0 Å². The third-order valence-corrected chi connectivity index (χ3v) is 5.22. The van der Waals surface area contributed by atoms with Gasteiger partial charge in [-0.25, -0.2) is 9.97 Å². The van der Waals surface area contributed by atoms with Crippen LogP contribution in [-0.4, -0.2) is 15.8 Å². The summed E-state index contributed by atoms with van der Waals surface area (Å²) in [4.78, 5) is 20.6. The summed E-state index contributed by atoms with van der Waals surface area (Å²) in [5.74, 6) is 1.01. The van der Waals surface area contributed by atoms with Crippen molar-refractivity contribution in [1.29, 1.82) is 5.26 Å². The van der Waals surface area contributed by atoms with E-state index >= 15 is 0 Å². The van der Waals surface area contributed by atoms with Crippen LogP contribution in [0.1, 0.15) is 45.4 Å². The van der Waals surface area contributed by atoms with Crippen molar-refractivity contribution >= 4 is 17.5 Å². The molecule has 1 aromatic carbocycles. The van der Waals surface area contributed by atoms with E-state index in [1.807, 2.05) is 26.0 Å². The second kappa shape index (κ2) is 7.77. The van der Waals surface area contributed by atoms with E-state index in [4.69, 9.17) is 4.42 Å². The quantitative estimate of drug-likeness (QED) is 0.458. The van der Waals surface area contributed by atoms with Gasteiger partial charge in [0.25, 0.3) is 0 Å². The molecule has 6 heteroatoms. The predicted octanol–water partition coefficient (Wildman–Crippen LogP) is 5.03. The van der Waals surface area contributed by atoms with Gasteiger partial charge in [0.2, 0.25) is 5.89 Å². The van der Waals surface area contributed by atoms with E-state index < -0.39 is 0 Å². The molecule has 0 amide bonds. The van der Waals surface area contributed by atoms with Crippen molar-refractivity contribution in [1.82, 2.24) is 9.97 Å². The molecule has 27 heavy (non-hydrogen) atoms. The van der Waals surface area contributed by atoms with Gasteiger partial charge in [-0.15, -0.1) is 0 Å². The lowest BCUT2D eigenvalue weighted by Crippen LogP contribution is -2.02. The second-order valence-corrected chi connectivity index (χ2v) is 7.36. The van der Waals surface area contributed by atoms with Gasteiger partial charge >= 0.3 is 0 Å². The third kappa shape index (κ3) is 4.09. The fourth-order valence-corrected chi connectivity index (χ4v) is 3.70. The smallest absolute Gasteiger partial charge is 0.226 e. The average Bonchev–Trinajstić information content (AvgIpc) is 3.08. The van der Waals surface area contributed by atoms with Crippen LogP contribution in [0.15, 0.2) is 40.0 Å². The number of benzene rings is 1. The Morgan fingerprint density at radius 3 is 2.67 bits per heavy atom. The Kier molecular flexibility index (Phi) is 5.43. The maximum absolute atomic E-state index is 11.6. The molecule has 0 radical (unpaired) electrons. The van der Waals surface area contributed by atoms with Gasteiger partial charge in [0.1, 0.15) is 17.4 Å². The molecule has 0 spiro atoms. The van der Waals surface area contributed by atoms with E-state index in [2.05, 4.69) is 22.1 Å². The Hall–Kier alpha value is -2.91. The maximum atomic E-state index is 11.6. The number of nitriles is 1. The van der Waals surface area contributed by atoms with E-state index in [1.165, 1.54) is 24.2 Å². The average molecular weight is 377 g/mol. The SMILES string of the molecule is CC(=O)c1cc(C#N)c(SCc2coc(-c3ccc(C)cc3C)n2)nc1C. The number of nitrogens with zero attached hydrogens (tertiary/aromatic N) is 3. The zero-order valence-electron chi connectivity index (χ0n) is 15.7. The number of oxazole rings is 1. The van der Waals surface area contributed by atoms with Gasteiger partial charge < -0.3 is 4.42 Å². The first-order valence-corrected chi connectivity index (χ1v) is 9.45. The van der Waals surface area contributed by atoms with Gasteiger partial charge in [-0.1, -0.05) is 29.5 Å². The van der Waals surface area contributed by atoms with E-state index in [1.54, 1.807) is 19.3 Å². The van der Waals surface area contributed by atoms with E-state index in [0.29, 0.717) is 33.5 Å². The number of carbonyl (C=O) groups is 1. The summed E-state index contributed by atoms with van der Waals surface area (Å²) >= 11 is 1.41. The van der Waals surface area contributed by atoms with Crippen LogP contribution in [-0.2, 0) is 5.75 Å². The molecule has 0 unspecified atom stereocenters. The van der Waals surface area contributed by atoms with Crippen LogP contribution in [0.25, 0.3) is 11.5 Å². The summed E-state index contributed by atoms with van der Waals surface area (Å²) in [5.41, 5.74) is 5.55. The fourth-order valence-electron chi connectivity index (χ4n) is 2.82. The number of hydrogen-bond donors (Lipinski definition) is 0. The van der Waals surface area contributed by atoms with Crippen molar-refractivity contribution in [2.75, 3.05) is 0 Å². The lowest BCUT2D eigenvalue weighted by molar-refractivity contribution is 0.101. The molecule has 2 heterocycles. The predicted molar refractivity (Wildman–Crippen MR) is 105 cm³/mol. The molecule has 2 aromatic heterocycles. The van der Waals surface area contributed by atoms with Gasteiger partial charge in [-0.2, -0.15) is 5.26 Å². The second-order valence-electron chi connectivity index (χ2n) is 6.39. The molecule has 3 rings (SSSR count). The molecular weight excluding hydrogens is 358 g/mol. The van der Waals surface area contributed by atoms with E-state index in [9.17, 15) is 10.1 Å². The number of thioether (sulfide) groups is 1. The number of rotatable bonds is 5. The standard InChI is InChI=1S/C21H19N3O2S/c1-12-5-6-18(13(2)7-12)20-24-17(10-26-20)11-27-21-16(9-22)8-19(15(4)25)14(3)23-21/h5-8,10H,11H2,1-4H3. The van der Waals surface area contributed by atoms with E-state index in [0.717, 1.165) is 16.8 Å². The number of pyridine rings is 1. The highest BCUT2D eigenvalue weighted by Gasteiger charge is 2.14. The first kappa shape index (κ1) is 18.9. The van der Waals surface area contributed by atoms with Gasteiger partial charge in [0, 0.05) is 22.6 Å². The maximum Gasteiger partial charge on any atom is 0.226 e. The fraction of sp³-hybridized carbons (Fsp3) is 0.238. The van der Waals surface area contributed by atoms with Gasteiger partial charge in [0.05, 0.1) is 11.3 Å². The van der Waals surface area contributed by atoms with E-state index in [-0.39, 0.29) is 5.78 Å². The number of hydrogen-bond acceptors (Lipinski definition) is 6. The minimum atomic E-state index is -0.0948. The first-order chi connectivity index (χ1) is 12.9. The van der Waals surface area contributed by atoms with Gasteiger partial charge in [-0.3, -0.25) is 4.79 Å². The summed E-state index contributed by atoms with van der Waals surface area (Å²) in [6, 6.07) is 9.86. The lowest BCUT2D eigenvalue weighted by Gasteiger charge is -2.07. The molecule has 0 aliphatic carbocycles. The molecule has 0 atom stereocenters. The number of aromatic nitrogens is 2. The van der Waals surface area contributed by atoms with Crippen LogP contribution in [0.3, 0.4) is 0 Å². The number of aryl methyl sites for hydroxylation is 3. The van der Waals surface area contributed by atoms with Crippen molar-refractivity contribution in [3.63, 3.8) is 0 Å². The van der Waals surface area contributed by atoms with Crippen LogP contribution in [0.5, 0.6) is 0 Å². The summed E-state index contributed by atoms with van der Waals surface area (Å²) in [6.07, 6.45) is 1.63. The lowest BCUT2D eigenvalue weighted by atomic mass is 10.1. The molecule has 0 saturated heterocycles. The molecule has 0 aliphatic rings. The van der Waals surface area contributed by atoms with Crippen molar-refractivity contribution in [2.45, 2.75) is 38.5 Å². The third-order valence-electron chi connectivity index (χ3n) is 4.20. The summed E-state index contributed by atoms with van der Waals surface area (Å²) in [7, 11) is 0. The van der Waals surface area contributed by atoms with Crippen LogP contribution >= 0.6 is 11.8 Å². The number of carbonyl (C=O) groups excluding carboxylic acids is 1. The van der Waals surface area contributed by atoms with Gasteiger partial charge in [0.15, 0.2) is 5.78 Å². The highest BCUT2D eigenvalue weighted by Crippen LogP contribution is 2.28. The molecule has 0 aliphatic heterocycles. The molecule has 0 N–H and O–H groups in total. The highest BCUT2D eigenvalue weighted by molar-refractivity contribution is 7.98. The number of Topliss-reactive ketones (excluding diaryl/α,β-unsaturated/α-hetero) is 1. The van der Waals surface area contributed by atoms with Crippen molar-refractivity contribution < 1.29 is 9.21 Å². The Balaban J connectivity index is 1.80. The highest BCUT2D eigenvalue weighted by atomic mass is 32.2. The molecule has 136 valence electrons. The van der Waals surface area contributed by atoms with Crippen molar-refractivity contribution in [3.8, 4) is 17.5 Å². The zero-order valence-corrected chi connectivity index (χ0v) is 16.5. The molecule has 0 saturated carbocycles. The largest absolute Gasteiger partial charge is 0.444 e. The molecule has 5 nitrogen and oxygen atoms in total. The minimum Gasteiger partial charge on any atom is -0.444 e. The molecule has 0 fully saturated rings. The van der Waals surface area contributed by atoms with Crippen molar-refractivity contribution in [2.24, 2.45) is 0 Å². The molecule has 3 aromatic rings. The summed E-state index contributed by atoms with van der Waals surface area (Å²) < 4.78 is 5.64. The minimum absolute atomic E-state index is 0.0948. The van der Waals surface area contributed by atoms with Crippen molar-refractivity contribution in [3.05, 3.63) is 64.2 Å². The Labute approximate surface area is 162 Å². The first-order valence-electron chi connectivity index (χ1n) is 8.46. The summed E-state index contributed by atoms with van der Waals surface area (Å²) in [6.45, 7) is 7.33. The van der Waals surface area contributed by atoms with Crippen LogP contribution in [0, 0.1) is 32.1 Å². The molecule has 0 bridgehead atoms. The Bertz CT molecular complexity index is 1060. The molecular formula is C21H19N3O2S. The number of ketones is 1. The summed E-state index contributed by atoms with van der Waals surface area (Å²) in [5, 5.41) is 9.96. The van der Waals surface area contributed by atoms with Crippen LogP contribution in [0.2, 0.25) is 0 Å². The topological polar surface area (TPSA) is 79.8 Å². The zero-order chi connectivity index (χ0) is 19.6. The Morgan fingerprint density at radius 2 is 2.00 bits per heavy atom. The normalized spacial score (nSPS) is 10.6.